The molecule has 1 saturated heterocycles. The molecule has 1 aromatic heterocycles. The van der Waals surface area contributed by atoms with Crippen LogP contribution in [0, 0.1) is 0 Å². The Labute approximate surface area is 208 Å². The number of nitrogens with one attached hydrogen (secondary N) is 1. The second kappa shape index (κ2) is 10.3. The molecule has 1 saturated carbocycles. The summed E-state index contributed by atoms with van der Waals surface area (Å²) in [6.07, 6.45) is 5.87. The Kier molecular flexibility index (Phi) is 6.97. The van der Waals surface area contributed by atoms with Crippen LogP contribution in [-0.4, -0.2) is 40.9 Å². The van der Waals surface area contributed by atoms with Gasteiger partial charge in [-0.2, -0.15) is 0 Å². The Morgan fingerprint density at radius 1 is 1.12 bits per heavy atom. The zero-order chi connectivity index (χ0) is 23.5. The van der Waals surface area contributed by atoms with Crippen molar-refractivity contribution in [3.8, 4) is 5.75 Å². The number of aromatic nitrogens is 3. The lowest BCUT2D eigenvalue weighted by atomic mass is 10.1. The summed E-state index contributed by atoms with van der Waals surface area (Å²) in [7, 11) is 1.57. The number of rotatable bonds is 8. The van der Waals surface area contributed by atoms with Gasteiger partial charge in [0.2, 0.25) is 11.9 Å². The molecule has 1 atom stereocenters. The molecule has 0 spiro atoms. The third-order valence-electron chi connectivity index (χ3n) is 6.18. The summed E-state index contributed by atoms with van der Waals surface area (Å²) in [6.45, 7) is 2.02. The third-order valence-corrected chi connectivity index (χ3v) is 7.69. The molecule has 0 radical (unpaired) electrons. The lowest BCUT2D eigenvalue weighted by Gasteiger charge is -2.28. The van der Waals surface area contributed by atoms with Crippen LogP contribution >= 0.6 is 23.4 Å². The number of thioether (sulfide) groups is 1. The largest absolute Gasteiger partial charge is 0.495 e. The van der Waals surface area contributed by atoms with Crippen LogP contribution in [0.15, 0.2) is 53.7 Å². The molecule has 5 rings (SSSR count). The molecule has 3 aromatic rings. The molecule has 0 bridgehead atoms. The molecule has 34 heavy (non-hydrogen) atoms. The van der Waals surface area contributed by atoms with Gasteiger partial charge in [0.1, 0.15) is 11.0 Å². The maximum absolute atomic E-state index is 13.5. The van der Waals surface area contributed by atoms with Crippen molar-refractivity contribution in [2.45, 2.75) is 48.6 Å². The molecular formula is C25H28ClN5O2S. The van der Waals surface area contributed by atoms with Crippen LogP contribution in [0.4, 0.5) is 11.6 Å². The molecule has 178 valence electrons. The number of ether oxygens (including phenoxy) is 1. The standard InChI is InChI=1S/C25H28ClN5O2S/c1-33-21-13-10-18(16-20(21)26)27-23(32)22(17-8-4-2-5-9-17)34-25-29-28-24(31(25)19-11-12-19)30-14-6-3-7-15-30/h2,4-5,8-10,13,16,19,22H,3,6-7,11-12,14-15H2,1H3,(H,27,32). The van der Waals surface area contributed by atoms with E-state index in [1.54, 1.807) is 25.3 Å². The van der Waals surface area contributed by atoms with E-state index < -0.39 is 5.25 Å². The summed E-state index contributed by atoms with van der Waals surface area (Å²) in [4.78, 5) is 15.9. The zero-order valence-corrected chi connectivity index (χ0v) is 20.7. The molecule has 7 nitrogen and oxygen atoms in total. The van der Waals surface area contributed by atoms with Crippen LogP contribution < -0.4 is 15.0 Å². The number of hydrogen-bond acceptors (Lipinski definition) is 6. The van der Waals surface area contributed by atoms with E-state index in [9.17, 15) is 4.79 Å². The van der Waals surface area contributed by atoms with Crippen molar-refractivity contribution < 1.29 is 9.53 Å². The van der Waals surface area contributed by atoms with Crippen molar-refractivity contribution >= 4 is 40.9 Å². The smallest absolute Gasteiger partial charge is 0.242 e. The van der Waals surface area contributed by atoms with Crippen LogP contribution in [0.1, 0.15) is 49.0 Å². The van der Waals surface area contributed by atoms with Gasteiger partial charge in [0.05, 0.1) is 12.1 Å². The molecule has 2 fully saturated rings. The minimum Gasteiger partial charge on any atom is -0.495 e. The minimum atomic E-state index is -0.488. The van der Waals surface area contributed by atoms with E-state index in [4.69, 9.17) is 16.3 Å². The number of amides is 1. The van der Waals surface area contributed by atoms with Gasteiger partial charge in [0.15, 0.2) is 5.16 Å². The van der Waals surface area contributed by atoms with Crippen LogP contribution in [0.3, 0.4) is 0 Å². The lowest BCUT2D eigenvalue weighted by Crippen LogP contribution is -2.32. The Bertz CT molecular complexity index is 1150. The first kappa shape index (κ1) is 23.1. The maximum Gasteiger partial charge on any atom is 0.242 e. The van der Waals surface area contributed by atoms with Gasteiger partial charge < -0.3 is 15.0 Å². The van der Waals surface area contributed by atoms with Gasteiger partial charge >= 0.3 is 0 Å². The van der Waals surface area contributed by atoms with Crippen LogP contribution in [-0.2, 0) is 4.79 Å². The number of nitrogens with zero attached hydrogens (tertiary/aromatic N) is 4. The fraction of sp³-hybridized carbons (Fsp3) is 0.400. The molecule has 1 aliphatic carbocycles. The quantitative estimate of drug-likeness (QED) is 0.400. The summed E-state index contributed by atoms with van der Waals surface area (Å²) in [5, 5.41) is 12.9. The fourth-order valence-electron chi connectivity index (χ4n) is 4.27. The Morgan fingerprint density at radius 2 is 1.88 bits per heavy atom. The highest BCUT2D eigenvalue weighted by atomic mass is 35.5. The van der Waals surface area contributed by atoms with Gasteiger partial charge in [-0.05, 0) is 55.9 Å². The van der Waals surface area contributed by atoms with Crippen LogP contribution in [0.25, 0.3) is 0 Å². The highest BCUT2D eigenvalue weighted by Gasteiger charge is 2.34. The van der Waals surface area contributed by atoms with E-state index in [1.807, 2.05) is 30.3 Å². The first-order valence-electron chi connectivity index (χ1n) is 11.7. The van der Waals surface area contributed by atoms with Gasteiger partial charge in [-0.15, -0.1) is 10.2 Å². The van der Waals surface area contributed by atoms with E-state index in [0.717, 1.165) is 42.6 Å². The molecule has 1 amide bonds. The molecule has 1 aliphatic heterocycles. The molecular weight excluding hydrogens is 470 g/mol. The fourth-order valence-corrected chi connectivity index (χ4v) is 5.63. The number of hydrogen-bond donors (Lipinski definition) is 1. The minimum absolute atomic E-state index is 0.137. The van der Waals surface area contributed by atoms with Crippen LogP contribution in [0.2, 0.25) is 5.02 Å². The second-order valence-corrected chi connectivity index (χ2v) is 10.2. The average molecular weight is 498 g/mol. The monoisotopic (exact) mass is 497 g/mol. The Balaban J connectivity index is 1.43. The average Bonchev–Trinajstić information content (AvgIpc) is 3.62. The van der Waals surface area contributed by atoms with Crippen molar-refractivity contribution in [1.82, 2.24) is 14.8 Å². The van der Waals surface area contributed by atoms with Crippen molar-refractivity contribution in [3.63, 3.8) is 0 Å². The van der Waals surface area contributed by atoms with E-state index in [0.29, 0.717) is 22.5 Å². The first-order chi connectivity index (χ1) is 16.6. The zero-order valence-electron chi connectivity index (χ0n) is 19.1. The van der Waals surface area contributed by atoms with Gasteiger partial charge in [-0.1, -0.05) is 53.7 Å². The SMILES string of the molecule is COc1ccc(NC(=O)C(Sc2nnc(N3CCCCC3)n2C2CC2)c2ccccc2)cc1Cl. The molecule has 2 aromatic carbocycles. The summed E-state index contributed by atoms with van der Waals surface area (Å²) >= 11 is 7.72. The second-order valence-electron chi connectivity index (χ2n) is 8.68. The molecule has 1 unspecified atom stereocenters. The summed E-state index contributed by atoms with van der Waals surface area (Å²) in [5.41, 5.74) is 1.53. The summed E-state index contributed by atoms with van der Waals surface area (Å²) < 4.78 is 7.48. The number of methoxy groups -OCH3 is 1. The van der Waals surface area contributed by atoms with Gasteiger partial charge in [-0.25, -0.2) is 0 Å². The summed E-state index contributed by atoms with van der Waals surface area (Å²) in [6, 6.07) is 15.4. The van der Waals surface area contributed by atoms with E-state index in [1.165, 1.54) is 31.0 Å². The number of piperidine rings is 1. The van der Waals surface area contributed by atoms with Gasteiger partial charge in [-0.3, -0.25) is 9.36 Å². The highest BCUT2D eigenvalue weighted by molar-refractivity contribution is 8.00. The normalized spacial score (nSPS) is 16.8. The molecule has 2 heterocycles. The van der Waals surface area contributed by atoms with E-state index in [-0.39, 0.29) is 5.91 Å². The third kappa shape index (κ3) is 5.03. The number of carbonyl (C=O) groups excluding carboxylic acids is 1. The predicted molar refractivity (Wildman–Crippen MR) is 136 cm³/mol. The summed E-state index contributed by atoms with van der Waals surface area (Å²) in [5.74, 6) is 1.37. The number of anilines is 2. The number of benzene rings is 2. The lowest BCUT2D eigenvalue weighted by molar-refractivity contribution is -0.115. The first-order valence-corrected chi connectivity index (χ1v) is 13.0. The molecule has 2 aliphatic rings. The predicted octanol–water partition coefficient (Wildman–Crippen LogP) is 5.74. The maximum atomic E-state index is 13.5. The number of halogens is 1. The topological polar surface area (TPSA) is 72.3 Å². The van der Waals surface area contributed by atoms with E-state index in [2.05, 4.69) is 25.0 Å². The van der Waals surface area contributed by atoms with Crippen LogP contribution in [0.5, 0.6) is 5.75 Å². The Hall–Kier alpha value is -2.71. The molecule has 1 N–H and O–H groups in total. The van der Waals surface area contributed by atoms with Crippen molar-refractivity contribution in [3.05, 3.63) is 59.1 Å². The van der Waals surface area contributed by atoms with E-state index >= 15 is 0 Å². The number of carbonyl (C=O) groups is 1. The van der Waals surface area contributed by atoms with Crippen molar-refractivity contribution in [2.24, 2.45) is 0 Å². The van der Waals surface area contributed by atoms with Gasteiger partial charge in [0, 0.05) is 24.8 Å². The highest BCUT2D eigenvalue weighted by Crippen LogP contribution is 2.44. The Morgan fingerprint density at radius 3 is 2.56 bits per heavy atom. The van der Waals surface area contributed by atoms with Crippen molar-refractivity contribution in [2.75, 3.05) is 30.4 Å². The van der Waals surface area contributed by atoms with Crippen molar-refractivity contribution in [1.29, 1.82) is 0 Å². The molecule has 9 heteroatoms. The van der Waals surface area contributed by atoms with Gasteiger partial charge in [0.25, 0.3) is 0 Å².